The maximum atomic E-state index is 13.1. The summed E-state index contributed by atoms with van der Waals surface area (Å²) in [7, 11) is -4.19. The van der Waals surface area contributed by atoms with Crippen molar-refractivity contribution in [1.82, 2.24) is 14.7 Å². The van der Waals surface area contributed by atoms with E-state index in [0.29, 0.717) is 17.4 Å². The van der Waals surface area contributed by atoms with E-state index in [1.807, 2.05) is 19.9 Å². The normalized spacial score (nSPS) is 18.0. The summed E-state index contributed by atoms with van der Waals surface area (Å²) in [6.07, 6.45) is 2.86. The van der Waals surface area contributed by atoms with Gasteiger partial charge in [-0.05, 0) is 70.4 Å². The quantitative estimate of drug-likeness (QED) is 0.728. The molecule has 2 aromatic rings. The van der Waals surface area contributed by atoms with Crippen molar-refractivity contribution in [1.29, 1.82) is 0 Å². The second-order valence-electron chi connectivity index (χ2n) is 8.90. The molecule has 9 heteroatoms. The van der Waals surface area contributed by atoms with Crippen LogP contribution in [0.2, 0.25) is 0 Å². The second-order valence-corrected chi connectivity index (χ2v) is 10.5. The number of hydrogen-bond acceptors (Lipinski definition) is 7. The fourth-order valence-electron chi connectivity index (χ4n) is 3.99. The summed E-state index contributed by atoms with van der Waals surface area (Å²) in [6.45, 7) is 11.0. The summed E-state index contributed by atoms with van der Waals surface area (Å²) in [5, 5.41) is -0.313. The largest absolute Gasteiger partial charge is 0.384 e. The van der Waals surface area contributed by atoms with E-state index in [2.05, 4.69) is 35.4 Å². The third kappa shape index (κ3) is 5.04. The van der Waals surface area contributed by atoms with Gasteiger partial charge in [0.15, 0.2) is 5.03 Å². The molecule has 166 valence electrons. The van der Waals surface area contributed by atoms with Gasteiger partial charge in [-0.1, -0.05) is 18.6 Å². The Bertz CT molecular complexity index is 1140. The summed E-state index contributed by atoms with van der Waals surface area (Å²) in [5.41, 5.74) is 7.34. The molecule has 3 N–H and O–H groups in total. The lowest BCUT2D eigenvalue weighted by Gasteiger charge is -2.34. The summed E-state index contributed by atoms with van der Waals surface area (Å²) in [4.78, 5) is 23.7. The number of nitrogens with two attached hydrogens (primary N) is 1. The van der Waals surface area contributed by atoms with Crippen molar-refractivity contribution < 1.29 is 13.2 Å². The first-order valence-corrected chi connectivity index (χ1v) is 11.6. The Morgan fingerprint density at radius 1 is 1.23 bits per heavy atom. The van der Waals surface area contributed by atoms with E-state index in [9.17, 15) is 13.2 Å². The summed E-state index contributed by atoms with van der Waals surface area (Å²) in [5.74, 6) is 0.181. The second kappa shape index (κ2) is 8.30. The van der Waals surface area contributed by atoms with Crippen LogP contribution in [0.5, 0.6) is 0 Å². The predicted molar refractivity (Wildman–Crippen MR) is 122 cm³/mol. The average molecular weight is 444 g/mol. The Morgan fingerprint density at radius 2 is 1.94 bits per heavy atom. The fraction of sp³-hybridized carbons (Fsp3) is 0.409. The minimum Gasteiger partial charge on any atom is -0.384 e. The van der Waals surface area contributed by atoms with Crippen LogP contribution in [0.1, 0.15) is 57.1 Å². The minimum absolute atomic E-state index is 0.0524. The van der Waals surface area contributed by atoms with E-state index in [-0.39, 0.29) is 21.9 Å². The molecule has 0 saturated carbocycles. The molecule has 0 aromatic carbocycles. The van der Waals surface area contributed by atoms with E-state index in [0.717, 1.165) is 18.5 Å². The topological polar surface area (TPSA) is 118 Å². The Kier molecular flexibility index (Phi) is 6.09. The number of nitrogens with one attached hydrogen (secondary N) is 1. The zero-order valence-electron chi connectivity index (χ0n) is 18.5. The third-order valence-electron chi connectivity index (χ3n) is 5.15. The maximum Gasteiger partial charge on any atom is 0.281 e. The summed E-state index contributed by atoms with van der Waals surface area (Å²) in [6, 6.07) is 7.56. The minimum atomic E-state index is -4.19. The number of allylic oxidation sites excluding steroid dienone is 1. The van der Waals surface area contributed by atoms with Gasteiger partial charge in [0, 0.05) is 12.1 Å². The standard InChI is InChI=1S/C22H29N5O3S/c1-14(2)11-16-9-10-17(20(24-16)27-13-15(3)12-22(27,4)5)21(28)26-31(29,30)19-8-6-7-18(23)25-19/h6-11,15H,12-13H2,1-5H3,(H2,23,25)(H,26,28)/t15-/m0/s1. The fourth-order valence-corrected chi connectivity index (χ4v) is 4.93. The predicted octanol–water partition coefficient (Wildman–Crippen LogP) is 3.23. The van der Waals surface area contributed by atoms with E-state index in [1.54, 1.807) is 12.1 Å². The van der Waals surface area contributed by atoms with Gasteiger partial charge in [-0.15, -0.1) is 0 Å². The molecule has 8 nitrogen and oxygen atoms in total. The highest BCUT2D eigenvalue weighted by Crippen LogP contribution is 2.37. The lowest BCUT2D eigenvalue weighted by atomic mass is 9.97. The van der Waals surface area contributed by atoms with Crippen LogP contribution < -0.4 is 15.4 Å². The average Bonchev–Trinajstić information content (AvgIpc) is 2.92. The number of amides is 1. The van der Waals surface area contributed by atoms with Crippen molar-refractivity contribution in [3.05, 3.63) is 47.2 Å². The number of pyridine rings is 2. The molecule has 3 rings (SSSR count). The Hall–Kier alpha value is -2.94. The van der Waals surface area contributed by atoms with Crippen LogP contribution in [0.4, 0.5) is 11.6 Å². The van der Waals surface area contributed by atoms with Gasteiger partial charge in [0.05, 0.1) is 11.3 Å². The number of nitrogen functional groups attached to an aromatic ring is 1. The highest BCUT2D eigenvalue weighted by Gasteiger charge is 2.39. The molecule has 0 spiro atoms. The first-order valence-electron chi connectivity index (χ1n) is 10.1. The van der Waals surface area contributed by atoms with Gasteiger partial charge in [-0.3, -0.25) is 4.79 Å². The van der Waals surface area contributed by atoms with Crippen molar-refractivity contribution in [3.63, 3.8) is 0 Å². The monoisotopic (exact) mass is 443 g/mol. The van der Waals surface area contributed by atoms with E-state index < -0.39 is 15.9 Å². The molecule has 1 amide bonds. The number of nitrogens with zero attached hydrogens (tertiary/aromatic N) is 3. The van der Waals surface area contributed by atoms with Crippen LogP contribution >= 0.6 is 0 Å². The van der Waals surface area contributed by atoms with Crippen LogP contribution in [-0.4, -0.2) is 36.4 Å². The van der Waals surface area contributed by atoms with Gasteiger partial charge in [-0.25, -0.2) is 14.7 Å². The number of sulfonamides is 1. The van der Waals surface area contributed by atoms with Gasteiger partial charge in [-0.2, -0.15) is 8.42 Å². The molecule has 0 radical (unpaired) electrons. The Labute approximate surface area is 183 Å². The van der Waals surface area contributed by atoms with E-state index in [1.165, 1.54) is 18.2 Å². The molecule has 0 unspecified atom stereocenters. The van der Waals surface area contributed by atoms with E-state index >= 15 is 0 Å². The molecule has 1 aliphatic heterocycles. The lowest BCUT2D eigenvalue weighted by molar-refractivity contribution is 0.0981. The van der Waals surface area contributed by atoms with Crippen molar-refractivity contribution in [2.24, 2.45) is 5.92 Å². The number of hydrogen-bond donors (Lipinski definition) is 2. The maximum absolute atomic E-state index is 13.1. The molecule has 3 heterocycles. The van der Waals surface area contributed by atoms with Crippen LogP contribution in [0.25, 0.3) is 6.08 Å². The third-order valence-corrected chi connectivity index (χ3v) is 6.39. The molecular weight excluding hydrogens is 414 g/mol. The summed E-state index contributed by atoms with van der Waals surface area (Å²) < 4.78 is 27.5. The molecule has 1 atom stereocenters. The highest BCUT2D eigenvalue weighted by molar-refractivity contribution is 7.90. The Balaban J connectivity index is 2.03. The van der Waals surface area contributed by atoms with Gasteiger partial charge in [0.2, 0.25) is 0 Å². The zero-order valence-corrected chi connectivity index (χ0v) is 19.3. The number of rotatable bonds is 5. The van der Waals surface area contributed by atoms with Gasteiger partial charge < -0.3 is 10.6 Å². The van der Waals surface area contributed by atoms with Crippen LogP contribution in [-0.2, 0) is 10.0 Å². The van der Waals surface area contributed by atoms with Crippen molar-refractivity contribution >= 4 is 33.6 Å². The van der Waals surface area contributed by atoms with Crippen molar-refractivity contribution in [3.8, 4) is 0 Å². The first-order chi connectivity index (χ1) is 14.4. The molecule has 31 heavy (non-hydrogen) atoms. The molecule has 0 bridgehead atoms. The highest BCUT2D eigenvalue weighted by atomic mass is 32.2. The van der Waals surface area contributed by atoms with Gasteiger partial charge in [0.25, 0.3) is 15.9 Å². The smallest absolute Gasteiger partial charge is 0.281 e. The molecule has 1 saturated heterocycles. The molecule has 1 fully saturated rings. The number of carbonyl (C=O) groups excluding carboxylic acids is 1. The van der Waals surface area contributed by atoms with Crippen molar-refractivity contribution in [2.45, 2.75) is 51.6 Å². The van der Waals surface area contributed by atoms with Crippen LogP contribution in [0.3, 0.4) is 0 Å². The zero-order chi connectivity index (χ0) is 23.0. The van der Waals surface area contributed by atoms with Gasteiger partial charge >= 0.3 is 0 Å². The van der Waals surface area contributed by atoms with E-state index in [4.69, 9.17) is 10.7 Å². The van der Waals surface area contributed by atoms with Crippen LogP contribution in [0.15, 0.2) is 40.9 Å². The number of carbonyl (C=O) groups is 1. The summed E-state index contributed by atoms with van der Waals surface area (Å²) >= 11 is 0. The molecule has 1 aliphatic rings. The number of anilines is 2. The number of aromatic nitrogens is 2. The Morgan fingerprint density at radius 3 is 2.52 bits per heavy atom. The van der Waals surface area contributed by atoms with Crippen LogP contribution in [0, 0.1) is 5.92 Å². The first kappa shape index (κ1) is 22.7. The molecule has 2 aromatic heterocycles. The van der Waals surface area contributed by atoms with Gasteiger partial charge in [0.1, 0.15) is 11.6 Å². The van der Waals surface area contributed by atoms with Crippen molar-refractivity contribution in [2.75, 3.05) is 17.2 Å². The SMILES string of the molecule is CC(C)=Cc1ccc(C(=O)NS(=O)(=O)c2cccc(N)n2)c(N2C[C@@H](C)CC2(C)C)n1. The molecule has 0 aliphatic carbocycles. The molecular formula is C22H29N5O3S. The lowest BCUT2D eigenvalue weighted by Crippen LogP contribution is -2.41.